The Hall–Kier alpha value is -3.20. The van der Waals surface area contributed by atoms with E-state index in [1.54, 1.807) is 25.3 Å². The van der Waals surface area contributed by atoms with Gasteiger partial charge in [0.25, 0.3) is 5.91 Å². The summed E-state index contributed by atoms with van der Waals surface area (Å²) in [6.07, 6.45) is 0. The molecule has 6 heteroatoms. The van der Waals surface area contributed by atoms with Gasteiger partial charge in [-0.15, -0.1) is 0 Å². The molecule has 0 unspecified atom stereocenters. The van der Waals surface area contributed by atoms with E-state index in [4.69, 9.17) is 19.5 Å². The standard InChI is InChI=1S/C18H18N2O4/c1-22-15-5-3-4-14(8-15)11-20-18(21)12-24-16-7-6-13(10-19)9-17(16)23-2/h3-9H,11-12H2,1-2H3,(H,20,21). The largest absolute Gasteiger partial charge is 0.497 e. The van der Waals surface area contributed by atoms with Crippen molar-refractivity contribution in [2.24, 2.45) is 0 Å². The number of nitriles is 1. The molecule has 0 radical (unpaired) electrons. The van der Waals surface area contributed by atoms with E-state index in [1.807, 2.05) is 30.3 Å². The molecule has 0 heterocycles. The lowest BCUT2D eigenvalue weighted by atomic mass is 10.2. The summed E-state index contributed by atoms with van der Waals surface area (Å²) in [6.45, 7) is 0.232. The summed E-state index contributed by atoms with van der Waals surface area (Å²) in [4.78, 5) is 11.9. The lowest BCUT2D eigenvalue weighted by Gasteiger charge is -2.11. The van der Waals surface area contributed by atoms with Crippen LogP contribution >= 0.6 is 0 Å². The summed E-state index contributed by atoms with van der Waals surface area (Å²) < 4.78 is 15.7. The minimum absolute atomic E-state index is 0.147. The number of carbonyl (C=O) groups excluding carboxylic acids is 1. The molecule has 1 amide bonds. The Bertz CT molecular complexity index is 753. The molecule has 0 spiro atoms. The van der Waals surface area contributed by atoms with Crippen LogP contribution < -0.4 is 19.5 Å². The molecule has 0 saturated heterocycles. The predicted octanol–water partition coefficient (Wildman–Crippen LogP) is 2.27. The average Bonchev–Trinajstić information content (AvgIpc) is 2.64. The van der Waals surface area contributed by atoms with Gasteiger partial charge in [0.2, 0.25) is 0 Å². The van der Waals surface area contributed by atoms with E-state index in [0.29, 0.717) is 23.6 Å². The molecular formula is C18H18N2O4. The summed E-state index contributed by atoms with van der Waals surface area (Å²) in [6, 6.07) is 14.2. The summed E-state index contributed by atoms with van der Waals surface area (Å²) in [5, 5.41) is 11.6. The highest BCUT2D eigenvalue weighted by Gasteiger charge is 2.09. The summed E-state index contributed by atoms with van der Waals surface area (Å²) in [5.74, 6) is 1.30. The van der Waals surface area contributed by atoms with Gasteiger partial charge in [-0.2, -0.15) is 5.26 Å². The van der Waals surface area contributed by atoms with Crippen LogP contribution in [0, 0.1) is 11.3 Å². The number of nitrogens with zero attached hydrogens (tertiary/aromatic N) is 1. The maximum Gasteiger partial charge on any atom is 0.258 e. The molecule has 0 bridgehead atoms. The highest BCUT2D eigenvalue weighted by atomic mass is 16.5. The molecule has 2 aromatic rings. The Morgan fingerprint density at radius 1 is 1.12 bits per heavy atom. The van der Waals surface area contributed by atoms with Crippen LogP contribution in [0.25, 0.3) is 0 Å². The zero-order valence-corrected chi connectivity index (χ0v) is 13.5. The highest BCUT2D eigenvalue weighted by Crippen LogP contribution is 2.27. The fourth-order valence-corrected chi connectivity index (χ4v) is 2.03. The van der Waals surface area contributed by atoms with E-state index in [9.17, 15) is 4.79 Å². The highest BCUT2D eigenvalue weighted by molar-refractivity contribution is 5.77. The van der Waals surface area contributed by atoms with E-state index < -0.39 is 0 Å². The lowest BCUT2D eigenvalue weighted by Crippen LogP contribution is -2.28. The molecule has 124 valence electrons. The van der Waals surface area contributed by atoms with Gasteiger partial charge < -0.3 is 19.5 Å². The lowest BCUT2D eigenvalue weighted by molar-refractivity contribution is -0.123. The molecule has 0 saturated carbocycles. The maximum absolute atomic E-state index is 11.9. The third kappa shape index (κ3) is 4.65. The van der Waals surface area contributed by atoms with E-state index in [1.165, 1.54) is 7.11 Å². The first-order valence-electron chi connectivity index (χ1n) is 7.27. The van der Waals surface area contributed by atoms with Crippen LogP contribution in [0.3, 0.4) is 0 Å². The van der Waals surface area contributed by atoms with Crippen LogP contribution in [0.15, 0.2) is 42.5 Å². The number of benzene rings is 2. The Morgan fingerprint density at radius 2 is 1.96 bits per heavy atom. The first kappa shape index (κ1) is 17.2. The smallest absolute Gasteiger partial charge is 0.258 e. The average molecular weight is 326 g/mol. The van der Waals surface area contributed by atoms with Crippen LogP contribution in [0.4, 0.5) is 0 Å². The second-order valence-electron chi connectivity index (χ2n) is 4.89. The number of amides is 1. The van der Waals surface area contributed by atoms with Crippen LogP contribution in [0.5, 0.6) is 17.2 Å². The molecule has 0 aliphatic rings. The topological polar surface area (TPSA) is 80.6 Å². The van der Waals surface area contributed by atoms with Gasteiger partial charge >= 0.3 is 0 Å². The van der Waals surface area contributed by atoms with Crippen molar-refractivity contribution in [1.29, 1.82) is 5.26 Å². The van der Waals surface area contributed by atoms with Gasteiger partial charge in [-0.3, -0.25) is 4.79 Å². The summed E-state index contributed by atoms with van der Waals surface area (Å²) in [7, 11) is 3.07. The monoisotopic (exact) mass is 326 g/mol. The fraction of sp³-hybridized carbons (Fsp3) is 0.222. The van der Waals surface area contributed by atoms with Crippen molar-refractivity contribution in [2.45, 2.75) is 6.54 Å². The van der Waals surface area contributed by atoms with E-state index >= 15 is 0 Å². The predicted molar refractivity (Wildman–Crippen MR) is 88.0 cm³/mol. The Kier molecular flexibility index (Phi) is 6.03. The van der Waals surface area contributed by atoms with Crippen LogP contribution in [-0.4, -0.2) is 26.7 Å². The maximum atomic E-state index is 11.9. The van der Waals surface area contributed by atoms with Crippen molar-refractivity contribution in [3.63, 3.8) is 0 Å². The SMILES string of the molecule is COc1cccc(CNC(=O)COc2ccc(C#N)cc2OC)c1. The summed E-state index contributed by atoms with van der Waals surface area (Å²) in [5.41, 5.74) is 1.39. The second kappa shape index (κ2) is 8.44. The summed E-state index contributed by atoms with van der Waals surface area (Å²) >= 11 is 0. The van der Waals surface area contributed by atoms with Gasteiger partial charge in [-0.25, -0.2) is 0 Å². The third-order valence-electron chi connectivity index (χ3n) is 3.28. The number of ether oxygens (including phenoxy) is 3. The first-order valence-corrected chi connectivity index (χ1v) is 7.27. The normalized spacial score (nSPS) is 9.71. The molecule has 2 rings (SSSR count). The van der Waals surface area contributed by atoms with Gasteiger partial charge in [0, 0.05) is 12.6 Å². The van der Waals surface area contributed by atoms with Gasteiger partial charge in [0.1, 0.15) is 5.75 Å². The molecule has 0 fully saturated rings. The third-order valence-corrected chi connectivity index (χ3v) is 3.28. The molecule has 6 nitrogen and oxygen atoms in total. The van der Waals surface area contributed by atoms with Crippen molar-refractivity contribution in [1.82, 2.24) is 5.32 Å². The van der Waals surface area contributed by atoms with Crippen molar-refractivity contribution in [3.05, 3.63) is 53.6 Å². The number of nitrogens with one attached hydrogen (secondary N) is 1. The first-order chi connectivity index (χ1) is 11.7. The number of carbonyl (C=O) groups is 1. The zero-order valence-electron chi connectivity index (χ0n) is 13.5. The molecule has 2 aromatic carbocycles. The molecular weight excluding hydrogens is 308 g/mol. The minimum atomic E-state index is -0.260. The Balaban J connectivity index is 1.88. The molecule has 24 heavy (non-hydrogen) atoms. The van der Waals surface area contributed by atoms with Gasteiger partial charge in [-0.1, -0.05) is 12.1 Å². The number of rotatable bonds is 7. The van der Waals surface area contributed by atoms with Crippen LogP contribution in [0.2, 0.25) is 0 Å². The van der Waals surface area contributed by atoms with Crippen LogP contribution in [0.1, 0.15) is 11.1 Å². The molecule has 0 aliphatic heterocycles. The molecule has 0 atom stereocenters. The fourth-order valence-electron chi connectivity index (χ4n) is 2.03. The van der Waals surface area contributed by atoms with Crippen molar-refractivity contribution in [3.8, 4) is 23.3 Å². The van der Waals surface area contributed by atoms with Crippen molar-refractivity contribution >= 4 is 5.91 Å². The number of hydrogen-bond donors (Lipinski definition) is 1. The quantitative estimate of drug-likeness (QED) is 0.844. The van der Waals surface area contributed by atoms with Gasteiger partial charge in [0.05, 0.1) is 25.9 Å². The molecule has 1 N–H and O–H groups in total. The van der Waals surface area contributed by atoms with E-state index in [0.717, 1.165) is 11.3 Å². The second-order valence-corrected chi connectivity index (χ2v) is 4.89. The van der Waals surface area contributed by atoms with Crippen molar-refractivity contribution in [2.75, 3.05) is 20.8 Å². The zero-order chi connectivity index (χ0) is 17.4. The van der Waals surface area contributed by atoms with Gasteiger partial charge in [-0.05, 0) is 29.8 Å². The Labute approximate surface area is 140 Å². The van der Waals surface area contributed by atoms with Crippen LogP contribution in [-0.2, 0) is 11.3 Å². The molecule has 0 aliphatic carbocycles. The number of methoxy groups -OCH3 is 2. The van der Waals surface area contributed by atoms with E-state index in [2.05, 4.69) is 5.32 Å². The number of hydrogen-bond acceptors (Lipinski definition) is 5. The Morgan fingerprint density at radius 3 is 2.67 bits per heavy atom. The van der Waals surface area contributed by atoms with E-state index in [-0.39, 0.29) is 12.5 Å². The van der Waals surface area contributed by atoms with Gasteiger partial charge in [0.15, 0.2) is 18.1 Å². The molecule has 0 aromatic heterocycles. The minimum Gasteiger partial charge on any atom is -0.497 e. The van der Waals surface area contributed by atoms with Crippen molar-refractivity contribution < 1.29 is 19.0 Å².